The van der Waals surface area contributed by atoms with Crippen LogP contribution in [0.5, 0.6) is 0 Å². The molecule has 9 heteroatoms. The van der Waals surface area contributed by atoms with E-state index < -0.39 is 41.3 Å². The lowest BCUT2D eigenvalue weighted by atomic mass is 9.92. The summed E-state index contributed by atoms with van der Waals surface area (Å²) < 4.78 is 5.78. The summed E-state index contributed by atoms with van der Waals surface area (Å²) in [4.78, 5) is 14.8. The van der Waals surface area contributed by atoms with Gasteiger partial charge in [0.05, 0.1) is 17.5 Å². The monoisotopic (exact) mass is 410 g/mol. The lowest BCUT2D eigenvalue weighted by Crippen LogP contribution is -2.65. The smallest absolute Gasteiger partial charge is 0.237 e. The summed E-state index contributed by atoms with van der Waals surface area (Å²) in [5.41, 5.74) is -0.702. The molecule has 0 bridgehead atoms. The maximum atomic E-state index is 12.8. The van der Waals surface area contributed by atoms with Crippen LogP contribution in [0.4, 0.5) is 0 Å². The maximum absolute atomic E-state index is 12.8. The number of rotatable bonds is 6. The summed E-state index contributed by atoms with van der Waals surface area (Å²) in [5, 5.41) is 32.9. The molecule has 0 aromatic rings. The number of nitrogens with one attached hydrogen (secondary N) is 1. The van der Waals surface area contributed by atoms with Crippen molar-refractivity contribution in [1.82, 2.24) is 10.2 Å². The molecule has 2 rings (SSSR count). The van der Waals surface area contributed by atoms with Crippen molar-refractivity contribution < 1.29 is 24.9 Å². The third-order valence-electron chi connectivity index (χ3n) is 5.51. The number of halogens is 1. The van der Waals surface area contributed by atoms with Crippen LogP contribution in [0.2, 0.25) is 0 Å². The highest BCUT2D eigenvalue weighted by Crippen LogP contribution is 2.31. The van der Waals surface area contributed by atoms with Gasteiger partial charge >= 0.3 is 0 Å². The summed E-state index contributed by atoms with van der Waals surface area (Å²) in [6.45, 7) is 4.70. The predicted octanol–water partition coefficient (Wildman–Crippen LogP) is -0.000600. The van der Waals surface area contributed by atoms with E-state index >= 15 is 0 Å². The third kappa shape index (κ3) is 4.66. The molecule has 9 atom stereocenters. The van der Waals surface area contributed by atoms with Gasteiger partial charge in [0.15, 0.2) is 0 Å². The van der Waals surface area contributed by atoms with E-state index in [2.05, 4.69) is 12.2 Å². The number of carbonyl (C=O) groups excluding carboxylic acids is 1. The van der Waals surface area contributed by atoms with Gasteiger partial charge in [-0.05, 0) is 32.6 Å². The Morgan fingerprint density at radius 3 is 2.50 bits per heavy atom. The topological polar surface area (TPSA) is 102 Å². The van der Waals surface area contributed by atoms with Gasteiger partial charge in [0.25, 0.3) is 0 Å². The SMILES string of the molecule is CC[C@@H]1C[C@@H](C(=O)N[C@@H](C2O[C@H](SC)[C@H](O)[C@@H](O)[C@H]2O)[C@H](C)Cl)N(C)C1. The Bertz CT molecular complexity index is 484. The van der Waals surface area contributed by atoms with Crippen molar-refractivity contribution in [3.8, 4) is 0 Å². The molecule has 0 radical (unpaired) electrons. The molecule has 0 aromatic heterocycles. The summed E-state index contributed by atoms with van der Waals surface area (Å²) in [7, 11) is 1.93. The molecule has 4 N–H and O–H groups in total. The second-order valence-electron chi connectivity index (χ2n) is 7.35. The lowest BCUT2D eigenvalue weighted by molar-refractivity contribution is -0.205. The van der Waals surface area contributed by atoms with Crippen LogP contribution in [-0.2, 0) is 9.53 Å². The highest BCUT2D eigenvalue weighted by Gasteiger charge is 2.48. The fourth-order valence-electron chi connectivity index (χ4n) is 3.79. The zero-order chi connectivity index (χ0) is 19.6. The molecule has 0 spiro atoms. The zero-order valence-corrected chi connectivity index (χ0v) is 17.3. The fraction of sp³-hybridized carbons (Fsp3) is 0.941. The molecule has 2 aliphatic rings. The van der Waals surface area contributed by atoms with Gasteiger partial charge in [0.2, 0.25) is 5.91 Å². The molecular weight excluding hydrogens is 380 g/mol. The van der Waals surface area contributed by atoms with Crippen molar-refractivity contribution in [1.29, 1.82) is 0 Å². The highest BCUT2D eigenvalue weighted by molar-refractivity contribution is 7.99. The van der Waals surface area contributed by atoms with Crippen LogP contribution in [0.1, 0.15) is 26.7 Å². The molecule has 0 aliphatic carbocycles. The van der Waals surface area contributed by atoms with E-state index in [1.165, 1.54) is 11.8 Å². The number of thioether (sulfide) groups is 1. The van der Waals surface area contributed by atoms with Gasteiger partial charge in [-0.25, -0.2) is 0 Å². The standard InChI is InChI=1S/C17H31ClN2O5S/c1-5-9-6-10(20(3)7-9)16(24)19-11(8(2)18)15-13(22)12(21)14(23)17(25-15)26-4/h8-15,17,21-23H,5-7H2,1-4H3,(H,19,24)/t8-,9+,10-,11+,12-,13+,14+,15?,17+/m0/s1. The van der Waals surface area contributed by atoms with Crippen LogP contribution in [-0.4, -0.2) is 93.3 Å². The predicted molar refractivity (Wildman–Crippen MR) is 102 cm³/mol. The first kappa shape index (κ1) is 22.2. The van der Waals surface area contributed by atoms with Crippen molar-refractivity contribution >= 4 is 29.3 Å². The van der Waals surface area contributed by atoms with Gasteiger partial charge in [-0.1, -0.05) is 13.3 Å². The normalized spacial score (nSPS) is 41.0. The van der Waals surface area contributed by atoms with Crippen LogP contribution in [0.3, 0.4) is 0 Å². The summed E-state index contributed by atoms with van der Waals surface area (Å²) in [5.74, 6) is 0.329. The van der Waals surface area contributed by atoms with Gasteiger partial charge < -0.3 is 25.4 Å². The van der Waals surface area contributed by atoms with E-state index in [9.17, 15) is 20.1 Å². The molecule has 2 heterocycles. The molecule has 152 valence electrons. The summed E-state index contributed by atoms with van der Waals surface area (Å²) in [6, 6.07) is -0.935. The van der Waals surface area contributed by atoms with Gasteiger partial charge in [-0.15, -0.1) is 23.4 Å². The number of hydrogen-bond donors (Lipinski definition) is 4. The summed E-state index contributed by atoms with van der Waals surface area (Å²) >= 11 is 7.52. The molecule has 2 aliphatic heterocycles. The minimum absolute atomic E-state index is 0.155. The van der Waals surface area contributed by atoms with E-state index in [0.717, 1.165) is 19.4 Å². The van der Waals surface area contributed by atoms with Gasteiger partial charge in [0.1, 0.15) is 29.9 Å². The average molecular weight is 411 g/mol. The van der Waals surface area contributed by atoms with E-state index in [0.29, 0.717) is 5.92 Å². The molecule has 0 saturated carbocycles. The van der Waals surface area contributed by atoms with E-state index in [4.69, 9.17) is 16.3 Å². The minimum atomic E-state index is -1.36. The first-order valence-corrected chi connectivity index (χ1v) is 10.8. The fourth-order valence-corrected chi connectivity index (χ4v) is 4.68. The first-order chi connectivity index (χ1) is 12.2. The number of alkyl halides is 1. The molecule has 1 amide bonds. The van der Waals surface area contributed by atoms with Crippen LogP contribution >= 0.6 is 23.4 Å². The van der Waals surface area contributed by atoms with Gasteiger partial charge in [-0.2, -0.15) is 0 Å². The van der Waals surface area contributed by atoms with Gasteiger partial charge in [-0.3, -0.25) is 9.69 Å². The van der Waals surface area contributed by atoms with E-state index in [-0.39, 0.29) is 11.9 Å². The van der Waals surface area contributed by atoms with E-state index in [1.54, 1.807) is 13.2 Å². The van der Waals surface area contributed by atoms with Crippen molar-refractivity contribution in [2.24, 2.45) is 5.92 Å². The molecule has 2 fully saturated rings. The molecule has 2 saturated heterocycles. The number of aliphatic hydroxyl groups is 3. The Morgan fingerprint density at radius 2 is 2.00 bits per heavy atom. The zero-order valence-electron chi connectivity index (χ0n) is 15.7. The maximum Gasteiger partial charge on any atom is 0.237 e. The molecule has 1 unspecified atom stereocenters. The van der Waals surface area contributed by atoms with Crippen LogP contribution < -0.4 is 5.32 Å². The molecule has 0 aromatic carbocycles. The van der Waals surface area contributed by atoms with Crippen LogP contribution in [0.15, 0.2) is 0 Å². The minimum Gasteiger partial charge on any atom is -0.388 e. The van der Waals surface area contributed by atoms with Crippen molar-refractivity contribution in [3.63, 3.8) is 0 Å². The van der Waals surface area contributed by atoms with Crippen LogP contribution in [0, 0.1) is 5.92 Å². The van der Waals surface area contributed by atoms with Gasteiger partial charge in [0, 0.05) is 6.54 Å². The quantitative estimate of drug-likeness (QED) is 0.457. The average Bonchev–Trinajstić information content (AvgIpc) is 2.99. The lowest BCUT2D eigenvalue weighted by Gasteiger charge is -2.44. The molecule has 26 heavy (non-hydrogen) atoms. The number of ether oxygens (including phenoxy) is 1. The van der Waals surface area contributed by atoms with E-state index in [1.807, 2.05) is 11.9 Å². The number of nitrogens with zero attached hydrogens (tertiary/aromatic N) is 1. The largest absolute Gasteiger partial charge is 0.388 e. The number of aliphatic hydroxyl groups excluding tert-OH is 3. The number of amides is 1. The second-order valence-corrected chi connectivity index (χ2v) is 8.98. The van der Waals surface area contributed by atoms with Crippen molar-refractivity contribution in [2.45, 2.75) is 74.0 Å². The Labute approximate surface area is 164 Å². The Kier molecular flexibility index (Phi) is 8.03. The van der Waals surface area contributed by atoms with Crippen molar-refractivity contribution in [3.05, 3.63) is 0 Å². The first-order valence-electron chi connectivity index (χ1n) is 9.08. The summed E-state index contributed by atoms with van der Waals surface area (Å²) in [6.07, 6.45) is -1.27. The number of likely N-dealkylation sites (N-methyl/N-ethyl adjacent to an activating group) is 1. The number of hydrogen-bond acceptors (Lipinski definition) is 7. The Hall–Kier alpha value is -0.0900. The highest BCUT2D eigenvalue weighted by atomic mass is 35.5. The second kappa shape index (κ2) is 9.41. The van der Waals surface area contributed by atoms with Crippen molar-refractivity contribution in [2.75, 3.05) is 19.8 Å². The molecule has 7 nitrogen and oxygen atoms in total. The Morgan fingerprint density at radius 1 is 1.35 bits per heavy atom. The third-order valence-corrected chi connectivity index (χ3v) is 6.64. The van der Waals surface area contributed by atoms with Crippen LogP contribution in [0.25, 0.3) is 0 Å². The number of carbonyl (C=O) groups is 1. The Balaban J connectivity index is 2.11. The molecular formula is C17H31ClN2O5S. The number of likely N-dealkylation sites (tertiary alicyclic amines) is 1.